The quantitative estimate of drug-likeness (QED) is 0.607. The SMILES string of the molecule is Cc1nn(CC(=O)Nc2cnn(C)c2C)c2nccc(-c3ccccc3)c12. The molecule has 0 spiro atoms. The molecule has 0 fully saturated rings. The monoisotopic (exact) mass is 360 g/mol. The van der Waals surface area contributed by atoms with Crippen LogP contribution in [0.1, 0.15) is 11.4 Å². The summed E-state index contributed by atoms with van der Waals surface area (Å²) < 4.78 is 3.37. The Labute approximate surface area is 156 Å². The minimum Gasteiger partial charge on any atom is -0.322 e. The Balaban J connectivity index is 1.67. The van der Waals surface area contributed by atoms with Crippen molar-refractivity contribution < 1.29 is 4.79 Å². The van der Waals surface area contributed by atoms with E-state index in [2.05, 4.69) is 32.6 Å². The summed E-state index contributed by atoms with van der Waals surface area (Å²) in [6, 6.07) is 12.1. The molecular weight excluding hydrogens is 340 g/mol. The van der Waals surface area contributed by atoms with Gasteiger partial charge in [0.2, 0.25) is 5.91 Å². The van der Waals surface area contributed by atoms with Crippen LogP contribution in [0.2, 0.25) is 0 Å². The lowest BCUT2D eigenvalue weighted by Gasteiger charge is -2.06. The fraction of sp³-hybridized carbons (Fsp3) is 0.200. The first-order valence-corrected chi connectivity index (χ1v) is 8.70. The smallest absolute Gasteiger partial charge is 0.246 e. The molecule has 0 saturated carbocycles. The van der Waals surface area contributed by atoms with E-state index in [1.807, 2.05) is 45.2 Å². The number of pyridine rings is 1. The van der Waals surface area contributed by atoms with Gasteiger partial charge in [-0.15, -0.1) is 0 Å². The van der Waals surface area contributed by atoms with Crippen LogP contribution in [0, 0.1) is 13.8 Å². The number of nitrogens with one attached hydrogen (secondary N) is 1. The van der Waals surface area contributed by atoms with E-state index in [0.29, 0.717) is 11.3 Å². The molecule has 1 aromatic carbocycles. The summed E-state index contributed by atoms with van der Waals surface area (Å²) in [7, 11) is 1.84. The molecule has 0 radical (unpaired) electrons. The number of carbonyl (C=O) groups excluding carboxylic acids is 1. The molecule has 4 rings (SSSR count). The second-order valence-electron chi connectivity index (χ2n) is 6.48. The standard InChI is InChI=1S/C20H20N6O/c1-13-19-16(15-7-5-4-6-8-15)9-10-21-20(19)26(24-13)12-18(27)23-17-11-22-25(3)14(17)2/h4-11H,12H2,1-3H3,(H,23,27). The van der Waals surface area contributed by atoms with Gasteiger partial charge in [-0.1, -0.05) is 30.3 Å². The second kappa shape index (κ2) is 6.68. The van der Waals surface area contributed by atoms with Crippen molar-refractivity contribution in [1.82, 2.24) is 24.5 Å². The van der Waals surface area contributed by atoms with Gasteiger partial charge in [-0.3, -0.25) is 9.48 Å². The van der Waals surface area contributed by atoms with Gasteiger partial charge in [0.25, 0.3) is 0 Å². The molecule has 0 unspecified atom stereocenters. The Morgan fingerprint density at radius 3 is 2.63 bits per heavy atom. The van der Waals surface area contributed by atoms with Crippen molar-refractivity contribution in [3.8, 4) is 11.1 Å². The van der Waals surface area contributed by atoms with Gasteiger partial charge < -0.3 is 5.32 Å². The second-order valence-corrected chi connectivity index (χ2v) is 6.48. The maximum absolute atomic E-state index is 12.5. The third-order valence-corrected chi connectivity index (χ3v) is 4.70. The highest BCUT2D eigenvalue weighted by Gasteiger charge is 2.16. The number of rotatable bonds is 4. The van der Waals surface area contributed by atoms with Crippen LogP contribution < -0.4 is 5.32 Å². The zero-order valence-corrected chi connectivity index (χ0v) is 15.5. The number of benzene rings is 1. The largest absolute Gasteiger partial charge is 0.322 e. The van der Waals surface area contributed by atoms with E-state index in [0.717, 1.165) is 27.9 Å². The molecule has 7 heteroatoms. The molecule has 0 saturated heterocycles. The van der Waals surface area contributed by atoms with E-state index >= 15 is 0 Å². The average Bonchev–Trinajstić information content (AvgIpc) is 3.16. The van der Waals surface area contributed by atoms with E-state index < -0.39 is 0 Å². The number of hydrogen-bond acceptors (Lipinski definition) is 4. The van der Waals surface area contributed by atoms with Crippen LogP contribution in [0.15, 0.2) is 48.8 Å². The fourth-order valence-electron chi connectivity index (χ4n) is 3.20. The highest BCUT2D eigenvalue weighted by atomic mass is 16.2. The van der Waals surface area contributed by atoms with Crippen molar-refractivity contribution in [2.45, 2.75) is 20.4 Å². The molecule has 27 heavy (non-hydrogen) atoms. The van der Waals surface area contributed by atoms with E-state index in [1.54, 1.807) is 21.8 Å². The normalized spacial score (nSPS) is 11.1. The highest BCUT2D eigenvalue weighted by molar-refractivity contribution is 5.96. The van der Waals surface area contributed by atoms with Gasteiger partial charge in [0.1, 0.15) is 6.54 Å². The lowest BCUT2D eigenvalue weighted by molar-refractivity contribution is -0.116. The molecule has 0 aliphatic heterocycles. The van der Waals surface area contributed by atoms with Crippen molar-refractivity contribution >= 4 is 22.6 Å². The van der Waals surface area contributed by atoms with E-state index in [1.165, 1.54) is 0 Å². The van der Waals surface area contributed by atoms with Gasteiger partial charge in [-0.05, 0) is 31.0 Å². The zero-order chi connectivity index (χ0) is 19.0. The summed E-state index contributed by atoms with van der Waals surface area (Å²) in [6.07, 6.45) is 3.40. The molecule has 3 heterocycles. The van der Waals surface area contributed by atoms with Gasteiger partial charge in [0.15, 0.2) is 5.65 Å². The molecule has 0 aliphatic carbocycles. The van der Waals surface area contributed by atoms with Gasteiger partial charge in [0, 0.05) is 18.6 Å². The maximum Gasteiger partial charge on any atom is 0.246 e. The van der Waals surface area contributed by atoms with Crippen LogP contribution in [-0.4, -0.2) is 30.5 Å². The predicted molar refractivity (Wildman–Crippen MR) is 104 cm³/mol. The van der Waals surface area contributed by atoms with Crippen LogP contribution in [0.5, 0.6) is 0 Å². The van der Waals surface area contributed by atoms with Crippen LogP contribution in [0.25, 0.3) is 22.2 Å². The Bertz CT molecular complexity index is 1130. The third-order valence-electron chi connectivity index (χ3n) is 4.70. The maximum atomic E-state index is 12.5. The Morgan fingerprint density at radius 2 is 1.93 bits per heavy atom. The van der Waals surface area contributed by atoms with Gasteiger partial charge in [-0.2, -0.15) is 10.2 Å². The van der Waals surface area contributed by atoms with Crippen LogP contribution in [-0.2, 0) is 18.4 Å². The van der Waals surface area contributed by atoms with Crippen molar-refractivity contribution in [1.29, 1.82) is 0 Å². The Kier molecular flexibility index (Phi) is 4.19. The summed E-state index contributed by atoms with van der Waals surface area (Å²) in [6.45, 7) is 3.93. The van der Waals surface area contributed by atoms with E-state index in [-0.39, 0.29) is 12.5 Å². The molecular formula is C20H20N6O. The first-order chi connectivity index (χ1) is 13.0. The number of aryl methyl sites for hydroxylation is 2. The number of nitrogens with zero attached hydrogens (tertiary/aromatic N) is 5. The van der Waals surface area contributed by atoms with Crippen LogP contribution in [0.3, 0.4) is 0 Å². The summed E-state index contributed by atoms with van der Waals surface area (Å²) in [5.41, 5.74) is 5.31. The first kappa shape index (κ1) is 17.0. The molecule has 7 nitrogen and oxygen atoms in total. The predicted octanol–water partition coefficient (Wildman–Crippen LogP) is 3.09. The van der Waals surface area contributed by atoms with Crippen LogP contribution in [0.4, 0.5) is 5.69 Å². The van der Waals surface area contributed by atoms with Gasteiger partial charge in [-0.25, -0.2) is 9.67 Å². The van der Waals surface area contributed by atoms with Crippen molar-refractivity contribution in [2.24, 2.45) is 7.05 Å². The number of hydrogen-bond donors (Lipinski definition) is 1. The van der Waals surface area contributed by atoms with E-state index in [9.17, 15) is 4.79 Å². The minimum atomic E-state index is -0.164. The number of amides is 1. The molecule has 1 amide bonds. The van der Waals surface area contributed by atoms with Crippen molar-refractivity contribution in [3.05, 3.63) is 60.2 Å². The Hall–Kier alpha value is -3.48. The summed E-state index contributed by atoms with van der Waals surface area (Å²) in [5, 5.41) is 12.6. The lowest BCUT2D eigenvalue weighted by Crippen LogP contribution is -2.20. The lowest BCUT2D eigenvalue weighted by atomic mass is 10.0. The molecule has 0 aliphatic rings. The number of fused-ring (bicyclic) bond motifs is 1. The zero-order valence-electron chi connectivity index (χ0n) is 15.5. The minimum absolute atomic E-state index is 0.0872. The molecule has 3 aromatic heterocycles. The van der Waals surface area contributed by atoms with Crippen molar-refractivity contribution in [2.75, 3.05) is 5.32 Å². The third kappa shape index (κ3) is 3.08. The molecule has 4 aromatic rings. The average molecular weight is 360 g/mol. The summed E-state index contributed by atoms with van der Waals surface area (Å²) in [4.78, 5) is 17.0. The molecule has 0 atom stereocenters. The number of aromatic nitrogens is 5. The molecule has 0 bridgehead atoms. The summed E-state index contributed by atoms with van der Waals surface area (Å²) >= 11 is 0. The summed E-state index contributed by atoms with van der Waals surface area (Å²) in [5.74, 6) is -0.164. The first-order valence-electron chi connectivity index (χ1n) is 8.70. The van der Waals surface area contributed by atoms with Gasteiger partial charge >= 0.3 is 0 Å². The van der Waals surface area contributed by atoms with Crippen molar-refractivity contribution in [3.63, 3.8) is 0 Å². The highest BCUT2D eigenvalue weighted by Crippen LogP contribution is 2.29. The molecule has 136 valence electrons. The molecule has 1 N–H and O–H groups in total. The van der Waals surface area contributed by atoms with E-state index in [4.69, 9.17) is 0 Å². The van der Waals surface area contributed by atoms with Crippen LogP contribution >= 0.6 is 0 Å². The fourth-order valence-corrected chi connectivity index (χ4v) is 3.20. The van der Waals surface area contributed by atoms with Gasteiger partial charge in [0.05, 0.1) is 23.3 Å². The number of carbonyl (C=O) groups is 1. The number of anilines is 1. The Morgan fingerprint density at radius 1 is 1.15 bits per heavy atom. The topological polar surface area (TPSA) is 77.6 Å².